The van der Waals surface area contributed by atoms with Crippen molar-refractivity contribution in [2.24, 2.45) is 5.92 Å². The fourth-order valence-corrected chi connectivity index (χ4v) is 4.48. The Morgan fingerprint density at radius 2 is 1.60 bits per heavy atom. The van der Waals surface area contributed by atoms with Crippen LogP contribution in [0.15, 0.2) is 53.9 Å². The Morgan fingerprint density at radius 3 is 2.13 bits per heavy atom. The third-order valence-electron chi connectivity index (χ3n) is 4.53. The van der Waals surface area contributed by atoms with E-state index in [0.29, 0.717) is 28.4 Å². The second-order valence-corrected chi connectivity index (χ2v) is 8.67. The number of carbonyl (C=O) groups is 2. The van der Waals surface area contributed by atoms with Crippen LogP contribution in [0.3, 0.4) is 0 Å². The molecule has 0 aliphatic carbocycles. The fraction of sp³-hybridized carbons (Fsp3) is 0.238. The Morgan fingerprint density at radius 1 is 1.00 bits per heavy atom. The van der Waals surface area contributed by atoms with E-state index in [1.807, 2.05) is 6.07 Å². The molecule has 8 nitrogen and oxygen atoms in total. The van der Waals surface area contributed by atoms with Gasteiger partial charge in [0.1, 0.15) is 11.5 Å². The standard InChI is InChI=1S/C21H22N2O6S/c1-28-18-12-17(23-21(25)15-6-4-3-5-7-15)19(29-2)11-16(18)22-20(24)10-14-8-9-30(26,27)13-14/h3-9,11-12,14H,10,13H2,1-2H3,(H,22,24)(H,23,25)/t14-/m0/s1. The van der Waals surface area contributed by atoms with Gasteiger partial charge in [-0.2, -0.15) is 0 Å². The monoisotopic (exact) mass is 430 g/mol. The lowest BCUT2D eigenvalue weighted by Crippen LogP contribution is -2.18. The Kier molecular flexibility index (Phi) is 6.41. The van der Waals surface area contributed by atoms with Crippen molar-refractivity contribution in [3.8, 4) is 11.5 Å². The number of carbonyl (C=O) groups excluding carboxylic acids is 2. The number of hydrogen-bond acceptors (Lipinski definition) is 6. The lowest BCUT2D eigenvalue weighted by Gasteiger charge is -2.16. The summed E-state index contributed by atoms with van der Waals surface area (Å²) >= 11 is 0. The van der Waals surface area contributed by atoms with Crippen LogP contribution in [0, 0.1) is 5.92 Å². The van der Waals surface area contributed by atoms with Crippen molar-refractivity contribution in [3.63, 3.8) is 0 Å². The fourth-order valence-electron chi connectivity index (χ4n) is 3.08. The van der Waals surface area contributed by atoms with Gasteiger partial charge in [-0.3, -0.25) is 9.59 Å². The third kappa shape index (κ3) is 5.18. The maximum Gasteiger partial charge on any atom is 0.255 e. The number of rotatable bonds is 7. The Balaban J connectivity index is 1.76. The Labute approximate surface area is 174 Å². The Bertz CT molecular complexity index is 1080. The highest BCUT2D eigenvalue weighted by atomic mass is 32.2. The van der Waals surface area contributed by atoms with Gasteiger partial charge >= 0.3 is 0 Å². The van der Waals surface area contributed by atoms with Gasteiger partial charge < -0.3 is 20.1 Å². The van der Waals surface area contributed by atoms with Gasteiger partial charge in [-0.15, -0.1) is 0 Å². The number of amides is 2. The second-order valence-electron chi connectivity index (χ2n) is 6.74. The summed E-state index contributed by atoms with van der Waals surface area (Å²) in [5.74, 6) is -0.469. The van der Waals surface area contributed by atoms with Crippen LogP contribution in [-0.2, 0) is 14.6 Å². The van der Waals surface area contributed by atoms with Gasteiger partial charge in [0, 0.05) is 35.4 Å². The molecule has 158 valence electrons. The summed E-state index contributed by atoms with van der Waals surface area (Å²) in [5, 5.41) is 6.62. The van der Waals surface area contributed by atoms with E-state index in [4.69, 9.17) is 9.47 Å². The minimum absolute atomic E-state index is 0.0215. The van der Waals surface area contributed by atoms with E-state index in [2.05, 4.69) is 10.6 Å². The van der Waals surface area contributed by atoms with Gasteiger partial charge in [0.2, 0.25) is 5.91 Å². The molecule has 1 heterocycles. The highest BCUT2D eigenvalue weighted by Gasteiger charge is 2.24. The first-order valence-corrected chi connectivity index (χ1v) is 10.9. The van der Waals surface area contributed by atoms with Gasteiger partial charge in [0.15, 0.2) is 9.84 Å². The lowest BCUT2D eigenvalue weighted by molar-refractivity contribution is -0.116. The number of anilines is 2. The molecule has 0 spiro atoms. The molecule has 2 aromatic carbocycles. The maximum absolute atomic E-state index is 12.5. The predicted molar refractivity (Wildman–Crippen MR) is 114 cm³/mol. The predicted octanol–water partition coefficient (Wildman–Crippen LogP) is 2.84. The van der Waals surface area contributed by atoms with Crippen LogP contribution in [0.2, 0.25) is 0 Å². The van der Waals surface area contributed by atoms with E-state index in [1.165, 1.54) is 20.3 Å². The summed E-state index contributed by atoms with van der Waals surface area (Å²) in [6.07, 6.45) is 1.54. The smallest absolute Gasteiger partial charge is 0.255 e. The van der Waals surface area contributed by atoms with Gasteiger partial charge in [-0.05, 0) is 12.1 Å². The summed E-state index contributed by atoms with van der Waals surface area (Å²) in [6, 6.07) is 11.8. The number of benzene rings is 2. The first-order valence-electron chi connectivity index (χ1n) is 9.14. The summed E-state index contributed by atoms with van der Waals surface area (Å²) in [7, 11) is -0.342. The SMILES string of the molecule is COc1cc(NC(=O)c2ccccc2)c(OC)cc1NC(=O)C[C@@H]1C=CS(=O)(=O)C1. The molecule has 1 aliphatic heterocycles. The quantitative estimate of drug-likeness (QED) is 0.699. The van der Waals surface area contributed by atoms with Crippen LogP contribution in [0.1, 0.15) is 16.8 Å². The van der Waals surface area contributed by atoms with Crippen LogP contribution in [0.25, 0.3) is 0 Å². The van der Waals surface area contributed by atoms with Crippen molar-refractivity contribution in [1.82, 2.24) is 0 Å². The molecular weight excluding hydrogens is 408 g/mol. The molecule has 9 heteroatoms. The van der Waals surface area contributed by atoms with Crippen molar-refractivity contribution in [3.05, 3.63) is 59.5 Å². The minimum Gasteiger partial charge on any atom is -0.494 e. The van der Waals surface area contributed by atoms with Crippen molar-refractivity contribution >= 4 is 33.0 Å². The second kappa shape index (κ2) is 9.00. The first kappa shape index (κ1) is 21.4. The van der Waals surface area contributed by atoms with Crippen LogP contribution in [0.5, 0.6) is 11.5 Å². The molecule has 1 atom stereocenters. The highest BCUT2D eigenvalue weighted by molar-refractivity contribution is 7.94. The molecule has 2 aromatic rings. The van der Waals surface area contributed by atoms with Crippen LogP contribution >= 0.6 is 0 Å². The largest absolute Gasteiger partial charge is 0.494 e. The molecule has 0 radical (unpaired) electrons. The maximum atomic E-state index is 12.5. The summed E-state index contributed by atoms with van der Waals surface area (Å²) in [5.41, 5.74) is 1.21. The van der Waals surface area contributed by atoms with Crippen LogP contribution < -0.4 is 20.1 Å². The number of methoxy groups -OCH3 is 2. The van der Waals surface area contributed by atoms with E-state index < -0.39 is 9.84 Å². The zero-order chi connectivity index (χ0) is 21.7. The first-order chi connectivity index (χ1) is 14.3. The van der Waals surface area contributed by atoms with E-state index in [9.17, 15) is 18.0 Å². The molecule has 0 unspecified atom stereocenters. The number of allylic oxidation sites excluding steroid dienone is 1. The van der Waals surface area contributed by atoms with E-state index in [0.717, 1.165) is 5.41 Å². The molecule has 0 fully saturated rings. The molecule has 3 rings (SSSR count). The molecule has 0 saturated carbocycles. The average molecular weight is 430 g/mol. The summed E-state index contributed by atoms with van der Waals surface area (Å²) < 4.78 is 33.7. The van der Waals surface area contributed by atoms with E-state index in [-0.39, 0.29) is 29.9 Å². The summed E-state index contributed by atoms with van der Waals surface area (Å²) in [6.45, 7) is 0. The van der Waals surface area contributed by atoms with Crippen LogP contribution in [0.4, 0.5) is 11.4 Å². The normalized spacial score (nSPS) is 16.7. The van der Waals surface area contributed by atoms with E-state index in [1.54, 1.807) is 36.4 Å². The zero-order valence-corrected chi connectivity index (χ0v) is 17.4. The number of ether oxygens (including phenoxy) is 2. The van der Waals surface area contributed by atoms with Gasteiger partial charge in [0.25, 0.3) is 5.91 Å². The number of sulfone groups is 1. The molecule has 2 amide bonds. The van der Waals surface area contributed by atoms with Crippen molar-refractivity contribution in [2.45, 2.75) is 6.42 Å². The van der Waals surface area contributed by atoms with Gasteiger partial charge in [-0.1, -0.05) is 24.3 Å². The van der Waals surface area contributed by atoms with Crippen molar-refractivity contribution < 1.29 is 27.5 Å². The molecule has 30 heavy (non-hydrogen) atoms. The molecule has 1 aliphatic rings. The molecule has 0 aromatic heterocycles. The molecule has 0 bridgehead atoms. The average Bonchev–Trinajstić information content (AvgIpc) is 3.07. The highest BCUT2D eigenvalue weighted by Crippen LogP contribution is 2.37. The minimum atomic E-state index is -3.22. The van der Waals surface area contributed by atoms with Gasteiger partial charge in [0.05, 0.1) is 31.3 Å². The van der Waals surface area contributed by atoms with Crippen LogP contribution in [-0.4, -0.2) is 40.2 Å². The third-order valence-corrected chi connectivity index (χ3v) is 6.00. The van der Waals surface area contributed by atoms with Crippen molar-refractivity contribution in [2.75, 3.05) is 30.6 Å². The molecule has 2 N–H and O–H groups in total. The number of hydrogen-bond donors (Lipinski definition) is 2. The Hall–Kier alpha value is -3.33. The van der Waals surface area contributed by atoms with E-state index >= 15 is 0 Å². The molecule has 0 saturated heterocycles. The summed E-state index contributed by atoms with van der Waals surface area (Å²) in [4.78, 5) is 24.8. The topological polar surface area (TPSA) is 111 Å². The van der Waals surface area contributed by atoms with Gasteiger partial charge in [-0.25, -0.2) is 8.42 Å². The zero-order valence-electron chi connectivity index (χ0n) is 16.5. The lowest BCUT2D eigenvalue weighted by atomic mass is 10.1. The number of nitrogens with one attached hydrogen (secondary N) is 2. The molecular formula is C21H22N2O6S. The van der Waals surface area contributed by atoms with Crippen molar-refractivity contribution in [1.29, 1.82) is 0 Å².